The summed E-state index contributed by atoms with van der Waals surface area (Å²) in [5, 5.41) is 3.01. The van der Waals surface area contributed by atoms with Crippen molar-refractivity contribution in [1.82, 2.24) is 9.38 Å². The number of pyridine rings is 1. The van der Waals surface area contributed by atoms with Gasteiger partial charge in [0.15, 0.2) is 5.82 Å². The summed E-state index contributed by atoms with van der Waals surface area (Å²) in [5.41, 5.74) is 0.754. The van der Waals surface area contributed by atoms with Crippen LogP contribution >= 0.6 is 0 Å². The molecule has 6 heteroatoms. The summed E-state index contributed by atoms with van der Waals surface area (Å²) in [7, 11) is 0. The number of nitrogens with one attached hydrogen (secondary N) is 1. The summed E-state index contributed by atoms with van der Waals surface area (Å²) < 4.78 is 6.39. The van der Waals surface area contributed by atoms with E-state index >= 15 is 0 Å². The van der Waals surface area contributed by atoms with E-state index in [0.29, 0.717) is 5.65 Å². The Morgan fingerprint density at radius 1 is 1.14 bits per heavy atom. The maximum atomic E-state index is 12.5. The van der Waals surface area contributed by atoms with Gasteiger partial charge in [-0.15, -0.1) is 0 Å². The molecule has 0 atom stereocenters. The largest absolute Gasteiger partial charge is 0.417 e. The van der Waals surface area contributed by atoms with Gasteiger partial charge in [-0.25, -0.2) is 4.98 Å². The molecular formula is C16H13N3O3. The Hall–Kier alpha value is -3.15. The molecule has 0 spiro atoms. The molecule has 1 aromatic carbocycles. The van der Waals surface area contributed by atoms with E-state index in [9.17, 15) is 9.59 Å². The minimum absolute atomic E-state index is 0.125. The van der Waals surface area contributed by atoms with E-state index in [1.807, 2.05) is 30.3 Å². The van der Waals surface area contributed by atoms with E-state index < -0.39 is 11.5 Å². The van der Waals surface area contributed by atoms with Crippen molar-refractivity contribution >= 4 is 23.1 Å². The first kappa shape index (κ1) is 13.8. The Balaban J connectivity index is 2.18. The number of carbonyl (C=O) groups is 1. The summed E-state index contributed by atoms with van der Waals surface area (Å²) in [6.45, 7) is 1.24. The average Bonchev–Trinajstić information content (AvgIpc) is 2.52. The number of ether oxygens (including phenoxy) is 1. The Morgan fingerprint density at radius 2 is 1.86 bits per heavy atom. The van der Waals surface area contributed by atoms with E-state index in [0.717, 1.165) is 5.69 Å². The Labute approximate surface area is 126 Å². The second-order valence-corrected chi connectivity index (χ2v) is 4.61. The molecule has 0 bridgehead atoms. The zero-order chi connectivity index (χ0) is 15.5. The normalized spacial score (nSPS) is 10.4. The monoisotopic (exact) mass is 295 g/mol. The molecule has 1 N–H and O–H groups in total. The van der Waals surface area contributed by atoms with Crippen LogP contribution in [-0.2, 0) is 4.79 Å². The summed E-state index contributed by atoms with van der Waals surface area (Å²) in [6, 6.07) is 14.4. The van der Waals surface area contributed by atoms with E-state index in [1.165, 1.54) is 11.3 Å². The predicted octanol–water partition coefficient (Wildman–Crippen LogP) is 2.36. The van der Waals surface area contributed by atoms with Crippen LogP contribution in [0.4, 0.5) is 11.5 Å². The molecule has 0 unspecified atom stereocenters. The molecule has 3 aromatic rings. The van der Waals surface area contributed by atoms with Gasteiger partial charge in [-0.1, -0.05) is 24.3 Å². The minimum atomic E-state index is -0.578. The van der Waals surface area contributed by atoms with Gasteiger partial charge in [0.05, 0.1) is 0 Å². The molecule has 0 aliphatic heterocycles. The smallest absolute Gasteiger partial charge is 0.308 e. The molecule has 0 aliphatic carbocycles. The van der Waals surface area contributed by atoms with Crippen LogP contribution in [0.1, 0.15) is 6.92 Å². The molecule has 6 nitrogen and oxygen atoms in total. The van der Waals surface area contributed by atoms with Gasteiger partial charge in [0.25, 0.3) is 0 Å². The lowest BCUT2D eigenvalue weighted by atomic mass is 10.3. The Morgan fingerprint density at radius 3 is 2.59 bits per heavy atom. The number of hydrogen-bond donors (Lipinski definition) is 1. The number of fused-ring (bicyclic) bond motifs is 1. The zero-order valence-electron chi connectivity index (χ0n) is 11.8. The van der Waals surface area contributed by atoms with Gasteiger partial charge in [0.1, 0.15) is 5.65 Å². The maximum Gasteiger partial charge on any atom is 0.308 e. The third kappa shape index (κ3) is 2.67. The second-order valence-electron chi connectivity index (χ2n) is 4.61. The number of anilines is 2. The van der Waals surface area contributed by atoms with E-state index in [1.54, 1.807) is 24.4 Å². The number of rotatable bonds is 3. The fraction of sp³-hybridized carbons (Fsp3) is 0.0625. The molecule has 0 radical (unpaired) electrons. The molecule has 0 saturated heterocycles. The fourth-order valence-electron chi connectivity index (χ4n) is 2.05. The van der Waals surface area contributed by atoms with Crippen LogP contribution in [0.5, 0.6) is 5.75 Å². The standard InChI is InChI=1S/C16H13N3O3/c1-11(20)22-14-15(17-12-7-3-2-4-8-12)18-13-9-5-6-10-19(13)16(14)21/h2-10,17H,1H3. The zero-order valence-corrected chi connectivity index (χ0v) is 11.8. The highest BCUT2D eigenvalue weighted by Gasteiger charge is 2.16. The van der Waals surface area contributed by atoms with Crippen molar-refractivity contribution in [3.05, 3.63) is 65.1 Å². The van der Waals surface area contributed by atoms with Crippen LogP contribution in [0.25, 0.3) is 5.65 Å². The van der Waals surface area contributed by atoms with Gasteiger partial charge >= 0.3 is 11.5 Å². The number of nitrogens with zero attached hydrogens (tertiary/aromatic N) is 2. The van der Waals surface area contributed by atoms with Crippen LogP contribution < -0.4 is 15.6 Å². The van der Waals surface area contributed by atoms with Crippen molar-refractivity contribution in [3.8, 4) is 5.75 Å². The van der Waals surface area contributed by atoms with Crippen molar-refractivity contribution in [2.24, 2.45) is 0 Å². The van der Waals surface area contributed by atoms with Gasteiger partial charge in [-0.3, -0.25) is 14.0 Å². The number of carbonyl (C=O) groups excluding carboxylic acids is 1. The average molecular weight is 295 g/mol. The molecule has 0 amide bonds. The molecule has 110 valence electrons. The van der Waals surface area contributed by atoms with Crippen LogP contribution in [0, 0.1) is 0 Å². The van der Waals surface area contributed by atoms with Gasteiger partial charge < -0.3 is 10.1 Å². The number of benzene rings is 1. The lowest BCUT2D eigenvalue weighted by molar-refractivity contribution is -0.131. The summed E-state index contributed by atoms with van der Waals surface area (Å²) in [5.74, 6) is -0.497. The number of aromatic nitrogens is 2. The van der Waals surface area contributed by atoms with E-state index in [2.05, 4.69) is 10.3 Å². The van der Waals surface area contributed by atoms with E-state index in [-0.39, 0.29) is 11.6 Å². The Bertz CT molecular complexity index is 888. The van der Waals surface area contributed by atoms with Crippen LogP contribution in [0.3, 0.4) is 0 Å². The predicted molar refractivity (Wildman–Crippen MR) is 82.5 cm³/mol. The first-order valence-corrected chi connectivity index (χ1v) is 6.67. The van der Waals surface area contributed by atoms with Crippen LogP contribution in [0.15, 0.2) is 59.5 Å². The minimum Gasteiger partial charge on any atom is -0.417 e. The third-order valence-electron chi connectivity index (χ3n) is 2.98. The van der Waals surface area contributed by atoms with Crippen LogP contribution in [0.2, 0.25) is 0 Å². The number of hydrogen-bond acceptors (Lipinski definition) is 5. The molecule has 3 rings (SSSR count). The van der Waals surface area contributed by atoms with Gasteiger partial charge in [0, 0.05) is 18.8 Å². The Kier molecular flexibility index (Phi) is 3.57. The lowest BCUT2D eigenvalue weighted by Gasteiger charge is -2.11. The van der Waals surface area contributed by atoms with Gasteiger partial charge in [0.2, 0.25) is 5.75 Å². The molecule has 0 saturated carbocycles. The van der Waals surface area contributed by atoms with Gasteiger partial charge in [-0.05, 0) is 24.3 Å². The molecule has 22 heavy (non-hydrogen) atoms. The molecular weight excluding hydrogens is 282 g/mol. The van der Waals surface area contributed by atoms with Crippen molar-refractivity contribution in [3.63, 3.8) is 0 Å². The maximum absolute atomic E-state index is 12.5. The van der Waals surface area contributed by atoms with Crippen molar-refractivity contribution in [1.29, 1.82) is 0 Å². The van der Waals surface area contributed by atoms with Crippen molar-refractivity contribution < 1.29 is 9.53 Å². The van der Waals surface area contributed by atoms with E-state index in [4.69, 9.17) is 4.74 Å². The second kappa shape index (κ2) is 5.69. The first-order chi connectivity index (χ1) is 10.6. The highest BCUT2D eigenvalue weighted by Crippen LogP contribution is 2.22. The topological polar surface area (TPSA) is 72.7 Å². The summed E-state index contributed by atoms with van der Waals surface area (Å²) in [4.78, 5) is 28.1. The fourth-order valence-corrected chi connectivity index (χ4v) is 2.05. The highest BCUT2D eigenvalue weighted by atomic mass is 16.5. The first-order valence-electron chi connectivity index (χ1n) is 6.67. The lowest BCUT2D eigenvalue weighted by Crippen LogP contribution is -2.21. The molecule has 2 heterocycles. The summed E-state index contributed by atoms with van der Waals surface area (Å²) >= 11 is 0. The van der Waals surface area contributed by atoms with Gasteiger partial charge in [-0.2, -0.15) is 0 Å². The van der Waals surface area contributed by atoms with Crippen molar-refractivity contribution in [2.45, 2.75) is 6.92 Å². The third-order valence-corrected chi connectivity index (χ3v) is 2.98. The van der Waals surface area contributed by atoms with Crippen molar-refractivity contribution in [2.75, 3.05) is 5.32 Å². The number of para-hydroxylation sites is 1. The van der Waals surface area contributed by atoms with Crippen LogP contribution in [-0.4, -0.2) is 15.4 Å². The quantitative estimate of drug-likeness (QED) is 0.751. The molecule has 0 aliphatic rings. The highest BCUT2D eigenvalue weighted by molar-refractivity contribution is 5.73. The molecule has 0 fully saturated rings. The number of esters is 1. The SMILES string of the molecule is CC(=O)Oc1c(Nc2ccccc2)nc2ccccn2c1=O. The molecule has 2 aromatic heterocycles. The summed E-state index contributed by atoms with van der Waals surface area (Å²) in [6.07, 6.45) is 1.57.